The summed E-state index contributed by atoms with van der Waals surface area (Å²) in [7, 11) is 0. The molecule has 1 fully saturated rings. The molecule has 3 amide bonds. The minimum atomic E-state index is -0.234. The Bertz CT molecular complexity index is 706. The van der Waals surface area contributed by atoms with Crippen molar-refractivity contribution in [3.8, 4) is 0 Å². The van der Waals surface area contributed by atoms with E-state index in [1.54, 1.807) is 53.7 Å². The molecule has 6 nitrogen and oxygen atoms in total. The van der Waals surface area contributed by atoms with Gasteiger partial charge in [0.2, 0.25) is 5.91 Å². The first kappa shape index (κ1) is 15.3. The average Bonchev–Trinajstić information content (AvgIpc) is 2.90. The van der Waals surface area contributed by atoms with Crippen LogP contribution in [0.5, 0.6) is 0 Å². The van der Waals surface area contributed by atoms with Crippen LogP contribution in [0.1, 0.15) is 0 Å². The number of nitrogens with zero attached hydrogens (tertiary/aromatic N) is 3. The predicted octanol–water partition coefficient (Wildman–Crippen LogP) is 2.62. The van der Waals surface area contributed by atoms with Gasteiger partial charge in [0, 0.05) is 41.9 Å². The zero-order valence-electron chi connectivity index (χ0n) is 12.3. The van der Waals surface area contributed by atoms with Crippen LogP contribution in [0.4, 0.5) is 16.2 Å². The molecule has 1 aliphatic rings. The van der Waals surface area contributed by atoms with Crippen molar-refractivity contribution in [2.45, 2.75) is 0 Å². The number of rotatable bonds is 4. The molecule has 0 spiro atoms. The van der Waals surface area contributed by atoms with Gasteiger partial charge in [0.25, 0.3) is 0 Å². The van der Waals surface area contributed by atoms with Gasteiger partial charge in [-0.05, 0) is 36.4 Å². The van der Waals surface area contributed by atoms with Crippen LogP contribution in [0.15, 0.2) is 48.8 Å². The first-order chi connectivity index (χ1) is 11.1. The average molecular weight is 331 g/mol. The van der Waals surface area contributed by atoms with Crippen molar-refractivity contribution in [1.82, 2.24) is 9.88 Å². The maximum atomic E-state index is 12.4. The van der Waals surface area contributed by atoms with Gasteiger partial charge >= 0.3 is 6.03 Å². The molecule has 1 N–H and O–H groups in total. The number of hydrogen-bond donors (Lipinski definition) is 1. The minimum Gasteiger partial charge on any atom is -0.324 e. The Morgan fingerprint density at radius 2 is 1.83 bits per heavy atom. The van der Waals surface area contributed by atoms with Gasteiger partial charge in [-0.15, -0.1) is 0 Å². The molecule has 23 heavy (non-hydrogen) atoms. The van der Waals surface area contributed by atoms with E-state index in [9.17, 15) is 9.59 Å². The number of carbonyl (C=O) groups is 2. The lowest BCUT2D eigenvalue weighted by Gasteiger charge is -2.18. The van der Waals surface area contributed by atoms with Crippen molar-refractivity contribution in [1.29, 1.82) is 0 Å². The molecule has 1 aromatic carbocycles. The molecule has 0 bridgehead atoms. The van der Waals surface area contributed by atoms with Crippen LogP contribution in [0, 0.1) is 0 Å². The summed E-state index contributed by atoms with van der Waals surface area (Å²) in [6.07, 6.45) is 3.19. The lowest BCUT2D eigenvalue weighted by molar-refractivity contribution is -0.116. The Kier molecular flexibility index (Phi) is 4.43. The Morgan fingerprint density at radius 1 is 1.13 bits per heavy atom. The summed E-state index contributed by atoms with van der Waals surface area (Å²) in [6, 6.07) is 10.3. The fourth-order valence-corrected chi connectivity index (χ4v) is 2.53. The number of hydrogen-bond acceptors (Lipinski definition) is 3. The second-order valence-corrected chi connectivity index (χ2v) is 5.55. The number of anilines is 2. The van der Waals surface area contributed by atoms with Crippen LogP contribution >= 0.6 is 11.6 Å². The molecule has 1 aliphatic heterocycles. The van der Waals surface area contributed by atoms with Gasteiger partial charge in [-0.2, -0.15) is 0 Å². The second-order valence-electron chi connectivity index (χ2n) is 5.12. The lowest BCUT2D eigenvalue weighted by Crippen LogP contribution is -2.37. The quantitative estimate of drug-likeness (QED) is 0.937. The summed E-state index contributed by atoms with van der Waals surface area (Å²) in [5.74, 6) is -0.234. The number of halogens is 1. The van der Waals surface area contributed by atoms with Crippen molar-refractivity contribution in [2.75, 3.05) is 29.9 Å². The number of aromatic nitrogens is 1. The molecule has 0 radical (unpaired) electrons. The highest BCUT2D eigenvalue weighted by Gasteiger charge is 2.30. The van der Waals surface area contributed by atoms with Crippen molar-refractivity contribution in [3.05, 3.63) is 53.8 Å². The molecular formula is C16H15ClN4O2. The lowest BCUT2D eigenvalue weighted by atomic mass is 10.3. The molecule has 3 rings (SSSR count). The zero-order valence-corrected chi connectivity index (χ0v) is 13.0. The molecule has 0 aliphatic carbocycles. The number of amides is 3. The molecule has 0 saturated carbocycles. The highest BCUT2D eigenvalue weighted by molar-refractivity contribution is 6.30. The Labute approximate surface area is 138 Å². The third kappa shape index (κ3) is 3.60. The van der Waals surface area contributed by atoms with Gasteiger partial charge in [0.15, 0.2) is 0 Å². The molecule has 1 aromatic heterocycles. The van der Waals surface area contributed by atoms with Gasteiger partial charge in [0.05, 0.1) is 0 Å². The summed E-state index contributed by atoms with van der Waals surface area (Å²) < 4.78 is 0. The smallest absolute Gasteiger partial charge is 0.324 e. The highest BCUT2D eigenvalue weighted by atomic mass is 35.5. The molecular weight excluding hydrogens is 316 g/mol. The first-order valence-electron chi connectivity index (χ1n) is 7.15. The Morgan fingerprint density at radius 3 is 2.52 bits per heavy atom. The topological polar surface area (TPSA) is 65.5 Å². The predicted molar refractivity (Wildman–Crippen MR) is 88.6 cm³/mol. The van der Waals surface area contributed by atoms with Crippen LogP contribution in [0.25, 0.3) is 0 Å². The highest BCUT2D eigenvalue weighted by Crippen LogP contribution is 2.22. The van der Waals surface area contributed by atoms with E-state index >= 15 is 0 Å². The van der Waals surface area contributed by atoms with Gasteiger partial charge in [0.1, 0.15) is 6.54 Å². The summed E-state index contributed by atoms with van der Waals surface area (Å²) in [5.41, 5.74) is 1.43. The van der Waals surface area contributed by atoms with E-state index in [4.69, 9.17) is 11.6 Å². The van der Waals surface area contributed by atoms with E-state index in [1.807, 2.05) is 0 Å². The SMILES string of the molecule is O=C(CN1CCN(c2ccc(Cl)cc2)C1=O)Nc1ccncc1. The fourth-order valence-electron chi connectivity index (χ4n) is 2.40. The third-order valence-corrected chi connectivity index (χ3v) is 3.78. The van der Waals surface area contributed by atoms with Gasteiger partial charge < -0.3 is 10.2 Å². The molecule has 0 atom stereocenters. The number of nitrogens with one attached hydrogen (secondary N) is 1. The molecule has 2 heterocycles. The van der Waals surface area contributed by atoms with Crippen LogP contribution in [0.3, 0.4) is 0 Å². The number of urea groups is 1. The maximum absolute atomic E-state index is 12.4. The molecule has 7 heteroatoms. The largest absolute Gasteiger partial charge is 0.325 e. The van der Waals surface area contributed by atoms with E-state index in [1.165, 1.54) is 4.90 Å². The van der Waals surface area contributed by atoms with E-state index in [-0.39, 0.29) is 18.5 Å². The van der Waals surface area contributed by atoms with Crippen LogP contribution in [-0.2, 0) is 4.79 Å². The van der Waals surface area contributed by atoms with E-state index in [0.29, 0.717) is 23.8 Å². The van der Waals surface area contributed by atoms with Crippen molar-refractivity contribution >= 4 is 34.9 Å². The Balaban J connectivity index is 1.61. The van der Waals surface area contributed by atoms with Crippen LogP contribution < -0.4 is 10.2 Å². The van der Waals surface area contributed by atoms with E-state index < -0.39 is 0 Å². The summed E-state index contributed by atoms with van der Waals surface area (Å²) >= 11 is 5.86. The van der Waals surface area contributed by atoms with Crippen molar-refractivity contribution < 1.29 is 9.59 Å². The van der Waals surface area contributed by atoms with Crippen LogP contribution in [-0.4, -0.2) is 41.5 Å². The summed E-state index contributed by atoms with van der Waals surface area (Å²) in [4.78, 5) is 31.5. The second kappa shape index (κ2) is 6.66. The summed E-state index contributed by atoms with van der Waals surface area (Å²) in [5, 5.41) is 3.36. The zero-order chi connectivity index (χ0) is 16.2. The first-order valence-corrected chi connectivity index (χ1v) is 7.53. The molecule has 0 unspecified atom stereocenters. The maximum Gasteiger partial charge on any atom is 0.325 e. The normalized spacial score (nSPS) is 14.2. The molecule has 1 saturated heterocycles. The summed E-state index contributed by atoms with van der Waals surface area (Å²) in [6.45, 7) is 1.07. The number of benzene rings is 1. The van der Waals surface area contributed by atoms with Gasteiger partial charge in [-0.25, -0.2) is 4.79 Å². The molecule has 2 aromatic rings. The fraction of sp³-hybridized carbons (Fsp3) is 0.188. The standard InChI is InChI=1S/C16H15ClN4O2/c17-12-1-3-14(4-2-12)21-10-9-20(16(21)23)11-15(22)19-13-5-7-18-8-6-13/h1-8H,9-11H2,(H,18,19,22). The Hall–Kier alpha value is -2.60. The van der Waals surface area contributed by atoms with E-state index in [0.717, 1.165) is 5.69 Å². The van der Waals surface area contributed by atoms with Crippen molar-refractivity contribution in [2.24, 2.45) is 0 Å². The number of carbonyl (C=O) groups excluding carboxylic acids is 2. The molecule has 118 valence electrons. The van der Waals surface area contributed by atoms with E-state index in [2.05, 4.69) is 10.3 Å². The van der Waals surface area contributed by atoms with Gasteiger partial charge in [-0.3, -0.25) is 14.7 Å². The monoisotopic (exact) mass is 330 g/mol. The van der Waals surface area contributed by atoms with Gasteiger partial charge in [-0.1, -0.05) is 11.6 Å². The third-order valence-electron chi connectivity index (χ3n) is 3.53. The number of pyridine rings is 1. The van der Waals surface area contributed by atoms with Crippen LogP contribution in [0.2, 0.25) is 5.02 Å². The minimum absolute atomic E-state index is 0.0191. The van der Waals surface area contributed by atoms with Crippen molar-refractivity contribution in [3.63, 3.8) is 0 Å².